The molecule has 0 bridgehead atoms. The van der Waals surface area contributed by atoms with E-state index in [1.165, 1.54) is 22.3 Å². The topological polar surface area (TPSA) is 0 Å². The van der Waals surface area contributed by atoms with E-state index in [2.05, 4.69) is 84.9 Å². The van der Waals surface area contributed by atoms with Gasteiger partial charge in [0.25, 0.3) is 0 Å². The molecule has 0 aliphatic carbocycles. The monoisotopic (exact) mass is 402 g/mol. The van der Waals surface area contributed by atoms with Gasteiger partial charge in [0.05, 0.1) is 0 Å². The molecule has 3 heteroatoms. The van der Waals surface area contributed by atoms with Crippen molar-refractivity contribution in [3.8, 4) is 22.3 Å². The summed E-state index contributed by atoms with van der Waals surface area (Å²) in [6, 6.07) is 33.5. The Morgan fingerprint density at radius 1 is 0.444 bits per heavy atom. The Balaban J connectivity index is 1.59. The Morgan fingerprint density at radius 2 is 0.852 bits per heavy atom. The molecule has 0 amide bonds. The zero-order valence-corrected chi connectivity index (χ0v) is 17.1. The Bertz CT molecular complexity index is 970. The van der Waals surface area contributed by atoms with Crippen LogP contribution in [-0.2, 0) is 0 Å². The summed E-state index contributed by atoms with van der Waals surface area (Å²) < 4.78 is 0. The van der Waals surface area contributed by atoms with Crippen molar-refractivity contribution in [2.24, 2.45) is 0 Å². The molecule has 0 saturated carbocycles. The van der Waals surface area contributed by atoms with Crippen molar-refractivity contribution in [3.63, 3.8) is 0 Å². The van der Waals surface area contributed by atoms with Gasteiger partial charge in [-0.15, -0.1) is 25.3 Å². The molecule has 0 radical (unpaired) electrons. The fourth-order valence-corrected chi connectivity index (χ4v) is 4.48. The number of thiol groups is 2. The molecule has 0 fully saturated rings. The first-order chi connectivity index (χ1) is 13.2. The third-order valence-corrected chi connectivity index (χ3v) is 6.55. The summed E-state index contributed by atoms with van der Waals surface area (Å²) in [7, 11) is 0. The average Bonchev–Trinajstić information content (AvgIpc) is 2.72. The first-order valence-electron chi connectivity index (χ1n) is 8.65. The summed E-state index contributed by atoms with van der Waals surface area (Å²) in [4.78, 5) is 4.20. The van der Waals surface area contributed by atoms with Gasteiger partial charge in [-0.3, -0.25) is 0 Å². The van der Waals surface area contributed by atoms with E-state index in [-0.39, 0.29) is 0 Å². The largest absolute Gasteiger partial charge is 0.142 e. The molecule has 4 rings (SSSR count). The van der Waals surface area contributed by atoms with Gasteiger partial charge in [0.2, 0.25) is 0 Å². The van der Waals surface area contributed by atoms with Crippen LogP contribution in [0.3, 0.4) is 0 Å². The minimum absolute atomic E-state index is 0.973. The Hall–Kier alpha value is -2.07. The molecule has 0 unspecified atom stereocenters. The number of benzene rings is 4. The van der Waals surface area contributed by atoms with Gasteiger partial charge in [-0.25, -0.2) is 0 Å². The van der Waals surface area contributed by atoms with E-state index >= 15 is 0 Å². The highest BCUT2D eigenvalue weighted by molar-refractivity contribution is 8.00. The van der Waals surface area contributed by atoms with Crippen LogP contribution in [0.4, 0.5) is 0 Å². The Morgan fingerprint density at radius 3 is 1.22 bits per heavy atom. The number of rotatable bonds is 4. The van der Waals surface area contributed by atoms with Crippen molar-refractivity contribution in [1.82, 2.24) is 0 Å². The molecule has 4 aromatic rings. The van der Waals surface area contributed by atoms with Gasteiger partial charge in [-0.1, -0.05) is 84.6 Å². The van der Waals surface area contributed by atoms with Crippen molar-refractivity contribution < 1.29 is 0 Å². The third kappa shape index (κ3) is 4.27. The van der Waals surface area contributed by atoms with Crippen LogP contribution in [0.15, 0.2) is 117 Å². The highest BCUT2D eigenvalue weighted by atomic mass is 32.2. The van der Waals surface area contributed by atoms with E-state index in [1.54, 1.807) is 11.8 Å². The molecule has 0 atom stereocenters. The lowest BCUT2D eigenvalue weighted by Gasteiger charge is -2.11. The van der Waals surface area contributed by atoms with Crippen LogP contribution in [0, 0.1) is 0 Å². The third-order valence-electron chi connectivity index (χ3n) is 4.35. The van der Waals surface area contributed by atoms with Crippen LogP contribution < -0.4 is 0 Å². The molecular weight excluding hydrogens is 384 g/mol. The average molecular weight is 403 g/mol. The second-order valence-corrected chi connectivity index (χ2v) is 8.25. The lowest BCUT2D eigenvalue weighted by molar-refractivity contribution is 1.21. The summed E-state index contributed by atoms with van der Waals surface area (Å²) in [6.07, 6.45) is 0. The van der Waals surface area contributed by atoms with Crippen molar-refractivity contribution in [3.05, 3.63) is 97.1 Å². The second-order valence-electron chi connectivity index (χ2n) is 6.20. The predicted molar refractivity (Wildman–Crippen MR) is 122 cm³/mol. The van der Waals surface area contributed by atoms with Gasteiger partial charge in [-0.05, 0) is 46.5 Å². The van der Waals surface area contributed by atoms with Gasteiger partial charge < -0.3 is 0 Å². The highest BCUT2D eigenvalue weighted by Crippen LogP contribution is 2.38. The van der Waals surface area contributed by atoms with E-state index in [9.17, 15) is 0 Å². The standard InChI is InChI=1S/C24H18S3/c25-21-15-19(17-7-3-1-4-8-17)11-13-23(21)27-24-14-12-20(16-22(24)26)18-9-5-2-6-10-18/h1-16,25-26H. The zero-order valence-electron chi connectivity index (χ0n) is 14.5. The zero-order chi connectivity index (χ0) is 18.6. The fraction of sp³-hybridized carbons (Fsp3) is 0. The molecule has 0 saturated heterocycles. The first kappa shape index (κ1) is 18.3. The van der Waals surface area contributed by atoms with Gasteiger partial charge in [0.15, 0.2) is 0 Å². The van der Waals surface area contributed by atoms with Gasteiger partial charge in [0, 0.05) is 19.6 Å². The predicted octanol–water partition coefficient (Wildman–Crippen LogP) is 7.75. The van der Waals surface area contributed by atoms with E-state index in [4.69, 9.17) is 25.3 Å². The Labute approximate surface area is 175 Å². The number of hydrogen-bond donors (Lipinski definition) is 2. The van der Waals surface area contributed by atoms with Crippen LogP contribution in [0.5, 0.6) is 0 Å². The molecular formula is C24H18S3. The van der Waals surface area contributed by atoms with Gasteiger partial charge >= 0.3 is 0 Å². The molecule has 0 aliphatic rings. The van der Waals surface area contributed by atoms with Crippen LogP contribution >= 0.6 is 37.0 Å². The minimum atomic E-state index is 0.973. The van der Waals surface area contributed by atoms with Crippen LogP contribution in [-0.4, -0.2) is 0 Å². The molecule has 4 aromatic carbocycles. The number of hydrogen-bond acceptors (Lipinski definition) is 3. The summed E-state index contributed by atoms with van der Waals surface area (Å²) in [5.74, 6) is 0. The van der Waals surface area contributed by atoms with Crippen molar-refractivity contribution >= 4 is 37.0 Å². The maximum atomic E-state index is 4.71. The quantitative estimate of drug-likeness (QED) is 0.329. The van der Waals surface area contributed by atoms with E-state index in [1.807, 2.05) is 12.1 Å². The molecule has 0 heterocycles. The smallest absolute Gasteiger partial charge is 0.0256 e. The molecule has 27 heavy (non-hydrogen) atoms. The first-order valence-corrected chi connectivity index (χ1v) is 10.4. The van der Waals surface area contributed by atoms with E-state index in [0.717, 1.165) is 19.6 Å². The van der Waals surface area contributed by atoms with Crippen LogP contribution in [0.1, 0.15) is 0 Å². The SMILES string of the molecule is Sc1cc(-c2ccccc2)ccc1Sc1ccc(-c2ccccc2)cc1S. The van der Waals surface area contributed by atoms with Gasteiger partial charge in [0.1, 0.15) is 0 Å². The molecule has 0 aliphatic heterocycles. The van der Waals surface area contributed by atoms with E-state index < -0.39 is 0 Å². The normalized spacial score (nSPS) is 10.7. The molecule has 0 spiro atoms. The van der Waals surface area contributed by atoms with Crippen molar-refractivity contribution in [2.75, 3.05) is 0 Å². The summed E-state index contributed by atoms with van der Waals surface area (Å²) in [6.45, 7) is 0. The Kier molecular flexibility index (Phi) is 5.63. The van der Waals surface area contributed by atoms with Crippen molar-refractivity contribution in [1.29, 1.82) is 0 Å². The molecule has 0 N–H and O–H groups in total. The summed E-state index contributed by atoms with van der Waals surface area (Å²) in [5.41, 5.74) is 4.75. The molecule has 0 aromatic heterocycles. The summed E-state index contributed by atoms with van der Waals surface area (Å²) >= 11 is 11.1. The van der Waals surface area contributed by atoms with Crippen LogP contribution in [0.2, 0.25) is 0 Å². The van der Waals surface area contributed by atoms with E-state index in [0.29, 0.717) is 0 Å². The lowest BCUT2D eigenvalue weighted by Crippen LogP contribution is -1.84. The van der Waals surface area contributed by atoms with Crippen LogP contribution in [0.25, 0.3) is 22.3 Å². The maximum absolute atomic E-state index is 4.71. The molecule has 132 valence electrons. The second kappa shape index (κ2) is 8.30. The van der Waals surface area contributed by atoms with Gasteiger partial charge in [-0.2, -0.15) is 0 Å². The summed E-state index contributed by atoms with van der Waals surface area (Å²) in [5, 5.41) is 0. The fourth-order valence-electron chi connectivity index (χ4n) is 2.95. The highest BCUT2D eigenvalue weighted by Gasteiger charge is 2.08. The minimum Gasteiger partial charge on any atom is -0.142 e. The van der Waals surface area contributed by atoms with Crippen molar-refractivity contribution in [2.45, 2.75) is 19.6 Å². The molecule has 0 nitrogen and oxygen atoms in total. The lowest BCUT2D eigenvalue weighted by atomic mass is 10.1. The maximum Gasteiger partial charge on any atom is 0.0256 e.